The smallest absolute Gasteiger partial charge is 0.119 e. The fraction of sp³-hybridized carbons (Fsp3) is 0.240. The molecule has 0 bridgehead atoms. The Morgan fingerprint density at radius 3 is 2.10 bits per heavy atom. The molecule has 0 aliphatic rings. The van der Waals surface area contributed by atoms with Gasteiger partial charge in [-0.3, -0.25) is 0 Å². The maximum absolute atomic E-state index is 5.90. The average Bonchev–Trinajstić information content (AvgIpc) is 3.14. The summed E-state index contributed by atoms with van der Waals surface area (Å²) in [6.07, 6.45) is 1.67. The number of rotatable bonds is 9. The summed E-state index contributed by atoms with van der Waals surface area (Å²) in [6.45, 7) is 1.49. The van der Waals surface area contributed by atoms with E-state index in [4.69, 9.17) is 19.2 Å². The van der Waals surface area contributed by atoms with Crippen molar-refractivity contribution in [3.05, 3.63) is 84.2 Å². The van der Waals surface area contributed by atoms with Gasteiger partial charge in [-0.05, 0) is 60.5 Å². The monoisotopic (exact) mass is 402 g/mol. The second-order valence-corrected chi connectivity index (χ2v) is 7.07. The van der Waals surface area contributed by atoms with Gasteiger partial charge < -0.3 is 18.8 Å². The molecular formula is C25H26N2O3. The van der Waals surface area contributed by atoms with Gasteiger partial charge in [-0.25, -0.2) is 4.98 Å². The summed E-state index contributed by atoms with van der Waals surface area (Å²) in [5, 5.41) is 0. The molecule has 3 aromatic carbocycles. The highest BCUT2D eigenvalue weighted by Gasteiger charge is 2.11. The van der Waals surface area contributed by atoms with E-state index in [1.165, 1.54) is 5.56 Å². The Hall–Kier alpha value is -3.47. The molecule has 0 amide bonds. The molecule has 5 heteroatoms. The highest BCUT2D eigenvalue weighted by atomic mass is 16.5. The zero-order chi connectivity index (χ0) is 20.8. The van der Waals surface area contributed by atoms with Crippen molar-refractivity contribution in [2.75, 3.05) is 20.8 Å². The van der Waals surface area contributed by atoms with Gasteiger partial charge in [-0.2, -0.15) is 0 Å². The zero-order valence-electron chi connectivity index (χ0n) is 17.4. The Morgan fingerprint density at radius 1 is 0.767 bits per heavy atom. The topological polar surface area (TPSA) is 45.5 Å². The number of aromatic nitrogens is 2. The van der Waals surface area contributed by atoms with Gasteiger partial charge in [0.05, 0.1) is 31.9 Å². The average molecular weight is 402 g/mol. The van der Waals surface area contributed by atoms with Crippen LogP contribution in [0.1, 0.15) is 17.8 Å². The lowest BCUT2D eigenvalue weighted by Gasteiger charge is -2.11. The molecule has 0 saturated heterocycles. The summed E-state index contributed by atoms with van der Waals surface area (Å²) in [5.74, 6) is 3.61. The predicted octanol–water partition coefficient (Wildman–Crippen LogP) is 5.11. The third-order valence-corrected chi connectivity index (χ3v) is 5.11. The van der Waals surface area contributed by atoms with Crippen molar-refractivity contribution < 1.29 is 14.2 Å². The first-order valence-corrected chi connectivity index (χ1v) is 10.1. The maximum atomic E-state index is 5.90. The van der Waals surface area contributed by atoms with Crippen molar-refractivity contribution in [3.63, 3.8) is 0 Å². The van der Waals surface area contributed by atoms with E-state index in [2.05, 4.69) is 34.9 Å². The quantitative estimate of drug-likeness (QED) is 0.365. The largest absolute Gasteiger partial charge is 0.497 e. The molecule has 154 valence electrons. The molecule has 0 radical (unpaired) electrons. The van der Waals surface area contributed by atoms with Gasteiger partial charge in [0.25, 0.3) is 0 Å². The SMILES string of the molecule is COc1ccc(Cc2nc3ccccc3n2CCCOc2ccc(OC)cc2)cc1. The fourth-order valence-electron chi connectivity index (χ4n) is 3.52. The van der Waals surface area contributed by atoms with Crippen molar-refractivity contribution in [3.8, 4) is 17.2 Å². The van der Waals surface area contributed by atoms with Crippen molar-refractivity contribution in [2.45, 2.75) is 19.4 Å². The van der Waals surface area contributed by atoms with Gasteiger partial charge in [-0.15, -0.1) is 0 Å². The molecule has 0 N–H and O–H groups in total. The van der Waals surface area contributed by atoms with Crippen LogP contribution >= 0.6 is 0 Å². The highest BCUT2D eigenvalue weighted by Crippen LogP contribution is 2.21. The highest BCUT2D eigenvalue weighted by molar-refractivity contribution is 5.76. The maximum Gasteiger partial charge on any atom is 0.119 e. The van der Waals surface area contributed by atoms with Crippen LogP contribution < -0.4 is 14.2 Å². The number of methoxy groups -OCH3 is 2. The predicted molar refractivity (Wildman–Crippen MR) is 119 cm³/mol. The van der Waals surface area contributed by atoms with E-state index in [0.29, 0.717) is 6.61 Å². The summed E-state index contributed by atoms with van der Waals surface area (Å²) in [4.78, 5) is 4.88. The van der Waals surface area contributed by atoms with Crippen LogP contribution in [-0.2, 0) is 13.0 Å². The van der Waals surface area contributed by atoms with Crippen LogP contribution in [0.5, 0.6) is 17.2 Å². The number of benzene rings is 3. The number of fused-ring (bicyclic) bond motifs is 1. The Labute approximate surface area is 176 Å². The first-order valence-electron chi connectivity index (χ1n) is 10.1. The molecule has 0 atom stereocenters. The van der Waals surface area contributed by atoms with Crippen LogP contribution in [0.4, 0.5) is 0 Å². The molecule has 0 aliphatic carbocycles. The van der Waals surface area contributed by atoms with Crippen molar-refractivity contribution >= 4 is 11.0 Å². The molecule has 0 saturated carbocycles. The molecule has 0 spiro atoms. The number of ether oxygens (including phenoxy) is 3. The summed E-state index contributed by atoms with van der Waals surface area (Å²) >= 11 is 0. The molecule has 0 aliphatic heterocycles. The van der Waals surface area contributed by atoms with Gasteiger partial charge in [0, 0.05) is 13.0 Å². The zero-order valence-corrected chi connectivity index (χ0v) is 17.4. The minimum atomic E-state index is 0.640. The van der Waals surface area contributed by atoms with Crippen molar-refractivity contribution in [1.29, 1.82) is 0 Å². The minimum absolute atomic E-state index is 0.640. The van der Waals surface area contributed by atoms with E-state index in [9.17, 15) is 0 Å². The van der Waals surface area contributed by atoms with Gasteiger partial charge in [-0.1, -0.05) is 24.3 Å². The lowest BCUT2D eigenvalue weighted by Crippen LogP contribution is -2.08. The van der Waals surface area contributed by atoms with Crippen LogP contribution in [0.25, 0.3) is 11.0 Å². The Bertz CT molecular complexity index is 1090. The first-order chi connectivity index (χ1) is 14.8. The normalized spacial score (nSPS) is 10.9. The lowest BCUT2D eigenvalue weighted by atomic mass is 10.1. The number of nitrogens with zero attached hydrogens (tertiary/aromatic N) is 2. The second kappa shape index (κ2) is 9.35. The summed E-state index contributed by atoms with van der Waals surface area (Å²) in [5.41, 5.74) is 3.39. The number of hydrogen-bond donors (Lipinski definition) is 0. The molecular weight excluding hydrogens is 376 g/mol. The van der Waals surface area contributed by atoms with Crippen molar-refractivity contribution in [2.24, 2.45) is 0 Å². The molecule has 0 fully saturated rings. The third kappa shape index (κ3) is 4.57. The first kappa shape index (κ1) is 19.8. The van der Waals surface area contributed by atoms with Gasteiger partial charge in [0.2, 0.25) is 0 Å². The molecule has 1 heterocycles. The second-order valence-electron chi connectivity index (χ2n) is 7.07. The van der Waals surface area contributed by atoms with E-state index >= 15 is 0 Å². The number of para-hydroxylation sites is 2. The van der Waals surface area contributed by atoms with Crippen LogP contribution in [0.15, 0.2) is 72.8 Å². The lowest BCUT2D eigenvalue weighted by molar-refractivity contribution is 0.301. The molecule has 0 unspecified atom stereocenters. The van der Waals surface area contributed by atoms with E-state index in [1.54, 1.807) is 14.2 Å². The fourth-order valence-corrected chi connectivity index (χ4v) is 3.52. The van der Waals surface area contributed by atoms with E-state index < -0.39 is 0 Å². The van der Waals surface area contributed by atoms with Gasteiger partial charge in [0.15, 0.2) is 0 Å². The van der Waals surface area contributed by atoms with Gasteiger partial charge >= 0.3 is 0 Å². The molecule has 30 heavy (non-hydrogen) atoms. The minimum Gasteiger partial charge on any atom is -0.497 e. The van der Waals surface area contributed by atoms with Crippen molar-refractivity contribution in [1.82, 2.24) is 9.55 Å². The Kier molecular flexibility index (Phi) is 6.18. The van der Waals surface area contributed by atoms with Crippen LogP contribution in [0, 0.1) is 0 Å². The number of hydrogen-bond acceptors (Lipinski definition) is 4. The Balaban J connectivity index is 1.45. The van der Waals surface area contributed by atoms with Crippen LogP contribution in [0.2, 0.25) is 0 Å². The molecule has 4 rings (SSSR count). The van der Waals surface area contributed by atoms with Crippen LogP contribution in [-0.4, -0.2) is 30.4 Å². The van der Waals surface area contributed by atoms with E-state index in [0.717, 1.165) is 53.5 Å². The van der Waals surface area contributed by atoms with E-state index in [1.807, 2.05) is 42.5 Å². The summed E-state index contributed by atoms with van der Waals surface area (Å²) in [7, 11) is 3.34. The molecule has 5 nitrogen and oxygen atoms in total. The third-order valence-electron chi connectivity index (χ3n) is 5.11. The molecule has 4 aromatic rings. The summed E-state index contributed by atoms with van der Waals surface area (Å²) in [6, 6.07) is 24.1. The number of aryl methyl sites for hydroxylation is 1. The van der Waals surface area contributed by atoms with Gasteiger partial charge in [0.1, 0.15) is 23.1 Å². The molecule has 1 aromatic heterocycles. The standard InChI is InChI=1S/C25H26N2O3/c1-28-20-10-8-19(9-11-20)18-25-26-23-6-3-4-7-24(23)27(25)16-5-17-30-22-14-12-21(29-2)13-15-22/h3-4,6-15H,5,16-18H2,1-2H3. The van der Waals surface area contributed by atoms with Crippen LogP contribution in [0.3, 0.4) is 0 Å². The number of imidazole rings is 1. The summed E-state index contributed by atoms with van der Waals surface area (Å²) < 4.78 is 18.6. The Morgan fingerprint density at radius 2 is 1.40 bits per heavy atom. The van der Waals surface area contributed by atoms with E-state index in [-0.39, 0.29) is 0 Å².